The Kier molecular flexibility index (Phi) is 2.73. The highest BCUT2D eigenvalue weighted by atomic mass is 16.5. The van der Waals surface area contributed by atoms with Crippen LogP contribution in [0.25, 0.3) is 22.3 Å². The monoisotopic (exact) mass is 288 g/mol. The van der Waals surface area contributed by atoms with Crippen LogP contribution in [0.3, 0.4) is 0 Å². The minimum Gasteiger partial charge on any atom is -0.478 e. The van der Waals surface area contributed by atoms with Crippen molar-refractivity contribution in [3.63, 3.8) is 0 Å². The Labute approximate surface area is 127 Å². The van der Waals surface area contributed by atoms with E-state index in [1.165, 1.54) is 0 Å². The number of carboxylic acid groups (broad SMARTS) is 1. The highest BCUT2D eigenvalue weighted by molar-refractivity contribution is 6.03. The molecule has 0 aliphatic carbocycles. The smallest absolute Gasteiger partial charge is 0.339 e. The molecule has 0 saturated heterocycles. The molecule has 2 bridgehead atoms. The number of ether oxygens (including phenoxy) is 1. The number of hydrogen-bond acceptors (Lipinski definition) is 2. The van der Waals surface area contributed by atoms with Crippen LogP contribution in [-0.4, -0.2) is 11.1 Å². The molecule has 0 fully saturated rings. The van der Waals surface area contributed by atoms with Crippen LogP contribution < -0.4 is 4.74 Å². The lowest BCUT2D eigenvalue weighted by atomic mass is 9.90. The number of aromatic carboxylic acids is 1. The van der Waals surface area contributed by atoms with Crippen LogP contribution in [0.4, 0.5) is 0 Å². The summed E-state index contributed by atoms with van der Waals surface area (Å²) in [6.07, 6.45) is 0. The summed E-state index contributed by atoms with van der Waals surface area (Å²) in [5, 5.41) is 9.46. The van der Waals surface area contributed by atoms with E-state index in [-0.39, 0.29) is 5.56 Å². The molecular formula is C19H12O3. The summed E-state index contributed by atoms with van der Waals surface area (Å²) < 4.78 is 5.69. The Morgan fingerprint density at radius 1 is 0.818 bits per heavy atom. The van der Waals surface area contributed by atoms with Crippen molar-refractivity contribution in [1.82, 2.24) is 0 Å². The summed E-state index contributed by atoms with van der Waals surface area (Å²) in [7, 11) is 0. The molecule has 22 heavy (non-hydrogen) atoms. The van der Waals surface area contributed by atoms with Gasteiger partial charge in [0, 0.05) is 5.56 Å². The zero-order valence-electron chi connectivity index (χ0n) is 11.6. The molecule has 0 amide bonds. The minimum atomic E-state index is -0.976. The molecule has 1 N–H and O–H groups in total. The molecule has 5 rings (SSSR count). The van der Waals surface area contributed by atoms with Gasteiger partial charge >= 0.3 is 5.97 Å². The Morgan fingerprint density at radius 3 is 2.00 bits per heavy atom. The number of carbonyl (C=O) groups is 1. The predicted molar refractivity (Wildman–Crippen MR) is 84.3 cm³/mol. The standard InChI is InChI=1S/C19H12O3/c20-19(21)15-11-14(12-7-3-1-4-8-12)17-16(18(15)22-17)13-9-5-2-6-10-13/h1-11H,(H,20,21). The van der Waals surface area contributed by atoms with Gasteiger partial charge in [-0.3, -0.25) is 0 Å². The van der Waals surface area contributed by atoms with E-state index >= 15 is 0 Å². The lowest BCUT2D eigenvalue weighted by Gasteiger charge is -2.29. The van der Waals surface area contributed by atoms with Crippen LogP contribution in [0.5, 0.6) is 11.5 Å². The summed E-state index contributed by atoms with van der Waals surface area (Å²) in [5.41, 5.74) is 3.81. The van der Waals surface area contributed by atoms with Crippen LogP contribution in [0.1, 0.15) is 10.4 Å². The van der Waals surface area contributed by atoms with Gasteiger partial charge in [-0.25, -0.2) is 4.79 Å². The van der Waals surface area contributed by atoms with Crippen molar-refractivity contribution in [2.45, 2.75) is 0 Å². The molecule has 0 radical (unpaired) electrons. The first-order valence-corrected chi connectivity index (χ1v) is 6.98. The number of benzene rings is 3. The van der Waals surface area contributed by atoms with Crippen LogP contribution in [0, 0.1) is 0 Å². The molecule has 0 atom stereocenters. The molecule has 2 aliphatic rings. The molecule has 2 aliphatic heterocycles. The maximum Gasteiger partial charge on any atom is 0.339 e. The Bertz CT molecular complexity index is 824. The van der Waals surface area contributed by atoms with E-state index in [2.05, 4.69) is 0 Å². The maximum absolute atomic E-state index is 11.5. The Hall–Kier alpha value is -3.07. The van der Waals surface area contributed by atoms with Gasteiger partial charge in [0.2, 0.25) is 0 Å². The predicted octanol–water partition coefficient (Wildman–Crippen LogP) is 4.82. The minimum absolute atomic E-state index is 0.202. The number of fused-ring (bicyclic) bond motifs is 2. The Morgan fingerprint density at radius 2 is 1.41 bits per heavy atom. The molecule has 106 valence electrons. The third-order valence-electron chi connectivity index (χ3n) is 3.81. The maximum atomic E-state index is 11.5. The van der Waals surface area contributed by atoms with Crippen LogP contribution in [-0.2, 0) is 0 Å². The van der Waals surface area contributed by atoms with Gasteiger partial charge in [0.05, 0.1) is 5.56 Å². The molecule has 3 nitrogen and oxygen atoms in total. The van der Waals surface area contributed by atoms with Gasteiger partial charge < -0.3 is 9.84 Å². The van der Waals surface area contributed by atoms with Crippen molar-refractivity contribution in [2.24, 2.45) is 0 Å². The summed E-state index contributed by atoms with van der Waals surface area (Å²) in [6.45, 7) is 0. The summed E-state index contributed by atoms with van der Waals surface area (Å²) in [5.74, 6) is 0.224. The van der Waals surface area contributed by atoms with Crippen molar-refractivity contribution in [3.8, 4) is 33.8 Å². The third-order valence-corrected chi connectivity index (χ3v) is 3.81. The molecule has 0 unspecified atom stereocenters. The van der Waals surface area contributed by atoms with Crippen molar-refractivity contribution in [1.29, 1.82) is 0 Å². The van der Waals surface area contributed by atoms with Gasteiger partial charge in [-0.2, -0.15) is 0 Å². The van der Waals surface area contributed by atoms with Gasteiger partial charge in [-0.05, 0) is 17.2 Å². The lowest BCUT2D eigenvalue weighted by molar-refractivity contribution is 0.0693. The first-order valence-electron chi connectivity index (χ1n) is 6.98. The molecule has 2 heterocycles. The van der Waals surface area contributed by atoms with Crippen molar-refractivity contribution >= 4 is 5.97 Å². The van der Waals surface area contributed by atoms with Gasteiger partial charge in [0.1, 0.15) is 11.3 Å². The number of rotatable bonds is 3. The van der Waals surface area contributed by atoms with Crippen molar-refractivity contribution in [3.05, 3.63) is 72.3 Å². The van der Waals surface area contributed by atoms with E-state index in [1.54, 1.807) is 6.07 Å². The topological polar surface area (TPSA) is 46.5 Å². The van der Waals surface area contributed by atoms with E-state index < -0.39 is 5.97 Å². The first-order chi connectivity index (χ1) is 10.8. The zero-order chi connectivity index (χ0) is 15.1. The van der Waals surface area contributed by atoms with E-state index in [4.69, 9.17) is 4.74 Å². The van der Waals surface area contributed by atoms with E-state index in [1.807, 2.05) is 60.7 Å². The molecule has 0 saturated carbocycles. The first kappa shape index (κ1) is 12.7. The lowest BCUT2D eigenvalue weighted by Crippen LogP contribution is -2.11. The molecule has 0 spiro atoms. The van der Waals surface area contributed by atoms with E-state index in [9.17, 15) is 9.90 Å². The van der Waals surface area contributed by atoms with Crippen LogP contribution >= 0.6 is 0 Å². The SMILES string of the molecule is O=C(O)c1cc(-c2ccccc2)c2c(-c3ccccc3)c1O2. The third kappa shape index (κ3) is 1.79. The van der Waals surface area contributed by atoms with Gasteiger partial charge in [-0.1, -0.05) is 60.7 Å². The quantitative estimate of drug-likeness (QED) is 0.587. The van der Waals surface area contributed by atoms with E-state index in [0.717, 1.165) is 28.0 Å². The number of carboxylic acids is 1. The van der Waals surface area contributed by atoms with Gasteiger partial charge in [0.15, 0.2) is 5.75 Å². The Balaban J connectivity index is 1.99. The average molecular weight is 288 g/mol. The summed E-state index contributed by atoms with van der Waals surface area (Å²) >= 11 is 0. The fourth-order valence-corrected chi connectivity index (χ4v) is 2.77. The highest BCUT2D eigenvalue weighted by Crippen LogP contribution is 2.56. The van der Waals surface area contributed by atoms with Gasteiger partial charge in [-0.15, -0.1) is 0 Å². The highest BCUT2D eigenvalue weighted by Gasteiger charge is 2.33. The molecule has 3 aromatic carbocycles. The average Bonchev–Trinajstić information content (AvgIpc) is 2.56. The second-order valence-electron chi connectivity index (χ2n) is 5.14. The zero-order valence-corrected chi connectivity index (χ0v) is 11.6. The second-order valence-corrected chi connectivity index (χ2v) is 5.14. The van der Waals surface area contributed by atoms with Crippen LogP contribution in [0.15, 0.2) is 66.7 Å². The largest absolute Gasteiger partial charge is 0.478 e. The fraction of sp³-hybridized carbons (Fsp3) is 0. The van der Waals surface area contributed by atoms with E-state index in [0.29, 0.717) is 5.75 Å². The summed E-state index contributed by atoms with van der Waals surface area (Å²) in [4.78, 5) is 11.5. The molecule has 0 aromatic heterocycles. The van der Waals surface area contributed by atoms with Gasteiger partial charge in [0.25, 0.3) is 0 Å². The summed E-state index contributed by atoms with van der Waals surface area (Å²) in [6, 6.07) is 21.1. The van der Waals surface area contributed by atoms with Crippen molar-refractivity contribution < 1.29 is 14.6 Å². The molecular weight excluding hydrogens is 276 g/mol. The number of hydrogen-bond donors (Lipinski definition) is 1. The molecule has 3 aromatic rings. The fourth-order valence-electron chi connectivity index (χ4n) is 2.77. The second kappa shape index (κ2) is 4.74. The normalized spacial score (nSPS) is 11.5. The van der Waals surface area contributed by atoms with Crippen LogP contribution in [0.2, 0.25) is 0 Å². The molecule has 3 heteroatoms. The van der Waals surface area contributed by atoms with Crippen molar-refractivity contribution in [2.75, 3.05) is 0 Å².